The minimum Gasteiger partial charge on any atom is -0.465 e. The Bertz CT molecular complexity index is 508. The third-order valence-corrected chi connectivity index (χ3v) is 3.94. The van der Waals surface area contributed by atoms with Crippen LogP contribution in [0, 0.1) is 10.8 Å². The first-order chi connectivity index (χ1) is 11.1. The Hall–Kier alpha value is -1.16. The lowest BCUT2D eigenvalue weighted by molar-refractivity contribution is -0.399. The highest BCUT2D eigenvalue weighted by Crippen LogP contribution is 2.55. The van der Waals surface area contributed by atoms with E-state index in [2.05, 4.69) is 0 Å². The zero-order valence-corrected chi connectivity index (χ0v) is 14.8. The first kappa shape index (κ1) is 24.8. The molecule has 0 radical (unpaired) electrons. The summed E-state index contributed by atoms with van der Waals surface area (Å²) in [5.41, 5.74) is -3.00. The maximum Gasteiger partial charge on any atom is 0.460 e. The third kappa shape index (κ3) is 4.97. The van der Waals surface area contributed by atoms with Gasteiger partial charge in [0.05, 0.1) is 12.0 Å². The molecule has 0 aromatic carbocycles. The monoisotopic (exact) mass is 404 g/mol. The Morgan fingerprint density at radius 3 is 1.58 bits per heavy atom. The van der Waals surface area contributed by atoms with Gasteiger partial charge in [-0.1, -0.05) is 20.8 Å². The van der Waals surface area contributed by atoms with E-state index in [4.69, 9.17) is 4.74 Å². The van der Waals surface area contributed by atoms with E-state index < -0.39 is 53.8 Å². The fourth-order valence-corrected chi connectivity index (χ4v) is 1.77. The van der Waals surface area contributed by atoms with E-state index in [1.165, 1.54) is 13.8 Å². The Morgan fingerprint density at radius 1 is 0.808 bits per heavy atom. The Balaban J connectivity index is 5.37. The average Bonchev–Trinajstić information content (AvgIpc) is 2.41. The number of carbonyl (C=O) groups excluding carboxylic acids is 1. The zero-order valence-electron chi connectivity index (χ0n) is 14.8. The van der Waals surface area contributed by atoms with Gasteiger partial charge in [0, 0.05) is 11.8 Å². The van der Waals surface area contributed by atoms with Crippen molar-refractivity contribution >= 4 is 5.97 Å². The van der Waals surface area contributed by atoms with Gasteiger partial charge in [0.15, 0.2) is 0 Å². The molecule has 0 saturated carbocycles. The van der Waals surface area contributed by atoms with Gasteiger partial charge in [-0.05, 0) is 20.3 Å². The van der Waals surface area contributed by atoms with Crippen LogP contribution in [0.1, 0.15) is 47.5 Å². The van der Waals surface area contributed by atoms with Crippen molar-refractivity contribution in [2.75, 3.05) is 6.61 Å². The molecular formula is C15H21F9O2. The summed E-state index contributed by atoms with van der Waals surface area (Å²) >= 11 is 0. The van der Waals surface area contributed by atoms with Gasteiger partial charge in [0.2, 0.25) is 0 Å². The van der Waals surface area contributed by atoms with E-state index >= 15 is 0 Å². The molecule has 0 bridgehead atoms. The molecule has 2 nitrogen and oxygen atoms in total. The molecule has 0 aliphatic rings. The van der Waals surface area contributed by atoms with Crippen LogP contribution in [-0.4, -0.2) is 36.5 Å². The van der Waals surface area contributed by atoms with Gasteiger partial charge in [-0.2, -0.15) is 39.5 Å². The van der Waals surface area contributed by atoms with Gasteiger partial charge in [-0.3, -0.25) is 4.79 Å². The van der Waals surface area contributed by atoms with E-state index in [0.29, 0.717) is 6.42 Å². The number of rotatable bonds is 8. The summed E-state index contributed by atoms with van der Waals surface area (Å²) in [5.74, 6) is -20.2. The van der Waals surface area contributed by atoms with Crippen LogP contribution in [0.2, 0.25) is 0 Å². The second-order valence-corrected chi connectivity index (χ2v) is 7.51. The van der Waals surface area contributed by atoms with Crippen molar-refractivity contribution < 1.29 is 49.0 Å². The van der Waals surface area contributed by atoms with E-state index in [9.17, 15) is 44.3 Å². The van der Waals surface area contributed by atoms with E-state index in [0.717, 1.165) is 13.8 Å². The lowest BCUT2D eigenvalue weighted by Gasteiger charge is -2.37. The van der Waals surface area contributed by atoms with Crippen LogP contribution in [0.5, 0.6) is 0 Å². The lowest BCUT2D eigenvalue weighted by atomic mass is 9.83. The predicted molar refractivity (Wildman–Crippen MR) is 74.3 cm³/mol. The molecule has 0 amide bonds. The van der Waals surface area contributed by atoms with Gasteiger partial charge < -0.3 is 4.74 Å². The summed E-state index contributed by atoms with van der Waals surface area (Å²) in [6, 6.07) is 0. The molecule has 11 heteroatoms. The quantitative estimate of drug-likeness (QED) is 0.375. The van der Waals surface area contributed by atoms with Crippen molar-refractivity contribution in [1.82, 2.24) is 0 Å². The summed E-state index contributed by atoms with van der Waals surface area (Å²) in [6.45, 7) is 5.46. The van der Waals surface area contributed by atoms with Crippen LogP contribution < -0.4 is 0 Å². The molecule has 0 saturated heterocycles. The van der Waals surface area contributed by atoms with Crippen molar-refractivity contribution in [2.24, 2.45) is 10.8 Å². The normalized spacial score (nSPS) is 15.2. The van der Waals surface area contributed by atoms with Gasteiger partial charge in [-0.15, -0.1) is 0 Å². The number of carbonyl (C=O) groups is 1. The Kier molecular flexibility index (Phi) is 6.79. The highest BCUT2D eigenvalue weighted by Gasteiger charge is 2.81. The first-order valence-electron chi connectivity index (χ1n) is 7.52. The number of hydrogen-bond acceptors (Lipinski definition) is 2. The summed E-state index contributed by atoms with van der Waals surface area (Å²) in [7, 11) is 0. The van der Waals surface area contributed by atoms with Crippen LogP contribution in [0.4, 0.5) is 39.5 Å². The van der Waals surface area contributed by atoms with Gasteiger partial charge in [0.1, 0.15) is 0 Å². The lowest BCUT2D eigenvalue weighted by Crippen LogP contribution is -2.61. The smallest absolute Gasteiger partial charge is 0.460 e. The topological polar surface area (TPSA) is 26.3 Å². The molecule has 0 heterocycles. The molecule has 156 valence electrons. The van der Waals surface area contributed by atoms with Crippen LogP contribution in [-0.2, 0) is 9.53 Å². The molecular weight excluding hydrogens is 383 g/mol. The van der Waals surface area contributed by atoms with Crippen molar-refractivity contribution in [3.05, 3.63) is 0 Å². The summed E-state index contributed by atoms with van der Waals surface area (Å²) in [6.07, 6.45) is -8.61. The second-order valence-electron chi connectivity index (χ2n) is 7.51. The molecule has 0 aliphatic heterocycles. The molecule has 0 unspecified atom stereocenters. The second kappa shape index (κ2) is 7.10. The summed E-state index contributed by atoms with van der Waals surface area (Å²) in [5, 5.41) is 0. The molecule has 0 atom stereocenters. The standard InChI is InChI=1S/C15H21F9O2/c1-6-11(4,5)9(25)26-8-10(2,3)7-12(16,17)13(18,19)14(20,21)15(22,23)24/h6-8H2,1-5H3. The molecule has 0 fully saturated rings. The number of alkyl halides is 9. The number of halogens is 9. The minimum atomic E-state index is -6.93. The van der Waals surface area contributed by atoms with Crippen LogP contribution in [0.3, 0.4) is 0 Å². The van der Waals surface area contributed by atoms with Gasteiger partial charge in [-0.25, -0.2) is 0 Å². The zero-order chi connectivity index (χ0) is 21.4. The SMILES string of the molecule is CCC(C)(C)C(=O)OCC(C)(C)CC(F)(F)C(F)(F)C(F)(F)C(F)(F)F. The maximum atomic E-state index is 13.7. The molecule has 0 rings (SSSR count). The molecule has 0 N–H and O–H groups in total. The van der Waals surface area contributed by atoms with Gasteiger partial charge >= 0.3 is 29.9 Å². The fourth-order valence-electron chi connectivity index (χ4n) is 1.77. The van der Waals surface area contributed by atoms with Gasteiger partial charge in [0.25, 0.3) is 0 Å². The Morgan fingerprint density at radius 2 is 1.23 bits per heavy atom. The Labute approximate surface area is 145 Å². The highest BCUT2D eigenvalue weighted by atomic mass is 19.4. The van der Waals surface area contributed by atoms with Crippen LogP contribution >= 0.6 is 0 Å². The summed E-state index contributed by atoms with van der Waals surface area (Å²) in [4.78, 5) is 11.8. The first-order valence-corrected chi connectivity index (χ1v) is 7.52. The van der Waals surface area contributed by atoms with Crippen molar-refractivity contribution in [3.63, 3.8) is 0 Å². The molecule has 0 aliphatic carbocycles. The van der Waals surface area contributed by atoms with E-state index in [1.54, 1.807) is 6.92 Å². The van der Waals surface area contributed by atoms with Crippen molar-refractivity contribution in [3.8, 4) is 0 Å². The number of hydrogen-bond donors (Lipinski definition) is 0. The van der Waals surface area contributed by atoms with Crippen molar-refractivity contribution in [2.45, 2.75) is 71.4 Å². The molecule has 0 aromatic rings. The van der Waals surface area contributed by atoms with E-state index in [-0.39, 0.29) is 0 Å². The minimum absolute atomic E-state index is 0.304. The summed E-state index contributed by atoms with van der Waals surface area (Å²) < 4.78 is 121. The van der Waals surface area contributed by atoms with Crippen molar-refractivity contribution in [1.29, 1.82) is 0 Å². The number of ether oxygens (including phenoxy) is 1. The molecule has 0 aromatic heterocycles. The molecule has 26 heavy (non-hydrogen) atoms. The number of esters is 1. The molecule has 0 spiro atoms. The van der Waals surface area contributed by atoms with Crippen LogP contribution in [0.15, 0.2) is 0 Å². The predicted octanol–water partition coefficient (Wildman–Crippen LogP) is 5.85. The fraction of sp³-hybridized carbons (Fsp3) is 0.933. The average molecular weight is 404 g/mol. The maximum absolute atomic E-state index is 13.7. The largest absolute Gasteiger partial charge is 0.465 e. The van der Waals surface area contributed by atoms with Crippen LogP contribution in [0.25, 0.3) is 0 Å². The van der Waals surface area contributed by atoms with E-state index in [1.807, 2.05) is 0 Å². The third-order valence-electron chi connectivity index (χ3n) is 3.94. The highest BCUT2D eigenvalue weighted by molar-refractivity contribution is 5.75.